The number of halogens is 1. The van der Waals surface area contributed by atoms with E-state index in [1.165, 1.54) is 12.1 Å². The summed E-state index contributed by atoms with van der Waals surface area (Å²) in [5.41, 5.74) is 4.36. The van der Waals surface area contributed by atoms with Crippen molar-refractivity contribution < 1.29 is 9.90 Å². The maximum atomic E-state index is 11.1. The summed E-state index contributed by atoms with van der Waals surface area (Å²) in [6.45, 7) is 0.681. The highest BCUT2D eigenvalue weighted by Crippen LogP contribution is 2.29. The van der Waals surface area contributed by atoms with Crippen LogP contribution in [0, 0.1) is 11.3 Å². The van der Waals surface area contributed by atoms with E-state index in [-0.39, 0.29) is 5.56 Å². The summed E-state index contributed by atoms with van der Waals surface area (Å²) in [5.74, 6) is -0.995. The Hall–Kier alpha value is -3.81. The SMILES string of the molecule is N#C/C(=C\c1cn(Cc2ccccc2)c2cc(Cl)ccc12)c1ccc(C(=O)O)cc1. The Kier molecular flexibility index (Phi) is 5.38. The van der Waals surface area contributed by atoms with Crippen molar-refractivity contribution in [2.45, 2.75) is 6.54 Å². The zero-order chi connectivity index (χ0) is 21.1. The molecule has 0 aliphatic rings. The molecular weight excluding hydrogens is 396 g/mol. The molecule has 1 aromatic heterocycles. The van der Waals surface area contributed by atoms with Gasteiger partial charge in [0.15, 0.2) is 0 Å². The summed E-state index contributed by atoms with van der Waals surface area (Å²) in [5, 5.41) is 20.4. The number of benzene rings is 3. The van der Waals surface area contributed by atoms with E-state index in [4.69, 9.17) is 16.7 Å². The number of allylic oxidation sites excluding steroid dienone is 1. The van der Waals surface area contributed by atoms with E-state index in [0.717, 1.165) is 22.0 Å². The molecule has 0 unspecified atom stereocenters. The topological polar surface area (TPSA) is 66.0 Å². The highest BCUT2D eigenvalue weighted by molar-refractivity contribution is 6.31. The molecule has 1 heterocycles. The molecule has 1 N–H and O–H groups in total. The molecule has 0 saturated carbocycles. The lowest BCUT2D eigenvalue weighted by atomic mass is 10.0. The zero-order valence-electron chi connectivity index (χ0n) is 15.9. The van der Waals surface area contributed by atoms with Crippen molar-refractivity contribution in [1.82, 2.24) is 4.57 Å². The molecule has 4 rings (SSSR count). The summed E-state index contributed by atoms with van der Waals surface area (Å²) in [6, 6.07) is 24.4. The van der Waals surface area contributed by atoms with Crippen molar-refractivity contribution in [3.8, 4) is 6.07 Å². The Morgan fingerprint density at radius 2 is 1.73 bits per heavy atom. The van der Waals surface area contributed by atoms with Gasteiger partial charge < -0.3 is 9.67 Å². The molecule has 0 bridgehead atoms. The minimum absolute atomic E-state index is 0.185. The first kappa shape index (κ1) is 19.5. The molecular formula is C25H17ClN2O2. The predicted molar refractivity (Wildman–Crippen MR) is 119 cm³/mol. The van der Waals surface area contributed by atoms with Gasteiger partial charge in [-0.05, 0) is 41.5 Å². The van der Waals surface area contributed by atoms with Gasteiger partial charge in [0.1, 0.15) is 0 Å². The third-order valence-electron chi connectivity index (χ3n) is 4.93. The van der Waals surface area contributed by atoms with Crippen molar-refractivity contribution in [3.05, 3.63) is 106 Å². The van der Waals surface area contributed by atoms with Gasteiger partial charge in [0.2, 0.25) is 0 Å². The first-order chi connectivity index (χ1) is 14.5. The summed E-state index contributed by atoms with van der Waals surface area (Å²) in [6.07, 6.45) is 3.84. The predicted octanol–water partition coefficient (Wildman–Crippen LogP) is 6.11. The number of rotatable bonds is 5. The van der Waals surface area contributed by atoms with E-state index >= 15 is 0 Å². The number of carboxylic acids is 1. The second-order valence-corrected chi connectivity index (χ2v) is 7.35. The van der Waals surface area contributed by atoms with Crippen molar-refractivity contribution in [2.75, 3.05) is 0 Å². The Bertz CT molecular complexity index is 1300. The molecule has 0 aliphatic heterocycles. The van der Waals surface area contributed by atoms with Crippen molar-refractivity contribution >= 4 is 40.1 Å². The van der Waals surface area contributed by atoms with Gasteiger partial charge in [-0.2, -0.15) is 5.26 Å². The quantitative estimate of drug-likeness (QED) is 0.402. The van der Waals surface area contributed by atoms with Crippen LogP contribution in [0.15, 0.2) is 79.0 Å². The van der Waals surface area contributed by atoms with Crippen LogP contribution in [-0.2, 0) is 6.54 Å². The van der Waals surface area contributed by atoms with Crippen LogP contribution in [0.2, 0.25) is 5.02 Å². The standard InChI is InChI=1S/C25H17ClN2O2/c26-22-10-11-23-21(12-20(14-27)18-6-8-19(9-7-18)25(29)30)16-28(24(23)13-22)15-17-4-2-1-3-5-17/h1-13,16H,15H2,(H,29,30)/b20-12+. The van der Waals surface area contributed by atoms with E-state index in [9.17, 15) is 10.1 Å². The van der Waals surface area contributed by atoms with Crippen molar-refractivity contribution in [1.29, 1.82) is 5.26 Å². The normalized spacial score (nSPS) is 11.4. The molecule has 0 amide bonds. The van der Waals surface area contributed by atoms with Gasteiger partial charge in [-0.25, -0.2) is 4.79 Å². The van der Waals surface area contributed by atoms with Crippen molar-refractivity contribution in [2.24, 2.45) is 0 Å². The number of aromatic carboxylic acids is 1. The van der Waals surface area contributed by atoms with Crippen LogP contribution in [0.3, 0.4) is 0 Å². The Balaban J connectivity index is 1.79. The van der Waals surface area contributed by atoms with Gasteiger partial charge >= 0.3 is 5.97 Å². The molecule has 0 radical (unpaired) electrons. The van der Waals surface area contributed by atoms with Crippen molar-refractivity contribution in [3.63, 3.8) is 0 Å². The lowest BCUT2D eigenvalue weighted by Crippen LogP contribution is -1.97. The zero-order valence-corrected chi connectivity index (χ0v) is 16.7. The molecule has 0 fully saturated rings. The molecule has 4 nitrogen and oxygen atoms in total. The molecule has 0 spiro atoms. The largest absolute Gasteiger partial charge is 0.478 e. The average Bonchev–Trinajstić information content (AvgIpc) is 3.09. The number of aromatic nitrogens is 1. The summed E-state index contributed by atoms with van der Waals surface area (Å²) in [7, 11) is 0. The second kappa shape index (κ2) is 8.28. The fraction of sp³-hybridized carbons (Fsp3) is 0.0400. The Morgan fingerprint density at radius 3 is 2.40 bits per heavy atom. The van der Waals surface area contributed by atoms with Crippen LogP contribution < -0.4 is 0 Å². The van der Waals surface area contributed by atoms with Gasteiger partial charge in [-0.15, -0.1) is 0 Å². The van der Waals surface area contributed by atoms with Crippen LogP contribution in [0.4, 0.5) is 0 Å². The maximum absolute atomic E-state index is 11.1. The highest BCUT2D eigenvalue weighted by Gasteiger charge is 2.11. The number of carboxylic acid groups (broad SMARTS) is 1. The number of hydrogen-bond donors (Lipinski definition) is 1. The highest BCUT2D eigenvalue weighted by atomic mass is 35.5. The van der Waals surface area contributed by atoms with Crippen LogP contribution in [0.1, 0.15) is 27.0 Å². The molecule has 0 aliphatic carbocycles. The number of carbonyl (C=O) groups is 1. The molecule has 146 valence electrons. The van der Waals surface area contributed by atoms with E-state index in [0.29, 0.717) is 22.7 Å². The van der Waals surface area contributed by atoms with Gasteiger partial charge in [-0.1, -0.05) is 60.1 Å². The first-order valence-corrected chi connectivity index (χ1v) is 9.71. The smallest absolute Gasteiger partial charge is 0.335 e. The van der Waals surface area contributed by atoms with E-state index in [2.05, 4.69) is 22.8 Å². The first-order valence-electron chi connectivity index (χ1n) is 9.33. The van der Waals surface area contributed by atoms with Crippen LogP contribution in [0.25, 0.3) is 22.6 Å². The molecule has 0 saturated heterocycles. The Labute approximate surface area is 178 Å². The molecule has 4 aromatic rings. The minimum Gasteiger partial charge on any atom is -0.478 e. The average molecular weight is 413 g/mol. The van der Waals surface area contributed by atoms with E-state index in [1.807, 2.05) is 48.7 Å². The number of hydrogen-bond acceptors (Lipinski definition) is 2. The van der Waals surface area contributed by atoms with Gasteiger partial charge in [-0.3, -0.25) is 0 Å². The number of fused-ring (bicyclic) bond motifs is 1. The molecule has 0 atom stereocenters. The van der Waals surface area contributed by atoms with E-state index in [1.54, 1.807) is 12.1 Å². The minimum atomic E-state index is -0.995. The summed E-state index contributed by atoms with van der Waals surface area (Å²) in [4.78, 5) is 11.1. The van der Waals surface area contributed by atoms with Crippen LogP contribution in [0.5, 0.6) is 0 Å². The van der Waals surface area contributed by atoms with E-state index < -0.39 is 5.97 Å². The molecule has 3 aromatic carbocycles. The molecule has 5 heteroatoms. The fourth-order valence-corrected chi connectivity index (χ4v) is 3.61. The van der Waals surface area contributed by atoms with Crippen LogP contribution in [-0.4, -0.2) is 15.6 Å². The lowest BCUT2D eigenvalue weighted by molar-refractivity contribution is 0.0697. The van der Waals surface area contributed by atoms with Crippen LogP contribution >= 0.6 is 11.6 Å². The third-order valence-corrected chi connectivity index (χ3v) is 5.17. The number of nitriles is 1. The lowest BCUT2D eigenvalue weighted by Gasteiger charge is -2.05. The molecule has 30 heavy (non-hydrogen) atoms. The van der Waals surface area contributed by atoms with Gasteiger partial charge in [0, 0.05) is 28.7 Å². The third kappa shape index (κ3) is 3.98. The maximum Gasteiger partial charge on any atom is 0.335 e. The fourth-order valence-electron chi connectivity index (χ4n) is 3.45. The monoisotopic (exact) mass is 412 g/mol. The summed E-state index contributed by atoms with van der Waals surface area (Å²) >= 11 is 6.24. The van der Waals surface area contributed by atoms with Gasteiger partial charge in [0.25, 0.3) is 0 Å². The Morgan fingerprint density at radius 1 is 1.03 bits per heavy atom. The summed E-state index contributed by atoms with van der Waals surface area (Å²) < 4.78 is 2.12. The number of nitrogens with zero attached hydrogens (tertiary/aromatic N) is 2. The van der Waals surface area contributed by atoms with Gasteiger partial charge in [0.05, 0.1) is 22.7 Å². The second-order valence-electron chi connectivity index (χ2n) is 6.91.